The molecule has 0 fully saturated rings. The fourth-order valence-corrected chi connectivity index (χ4v) is 1.68. The van der Waals surface area contributed by atoms with Crippen LogP contribution in [0.1, 0.15) is 24.2 Å². The van der Waals surface area contributed by atoms with E-state index in [-0.39, 0.29) is 23.0 Å². The summed E-state index contributed by atoms with van der Waals surface area (Å²) in [6.07, 6.45) is 0. The number of amides is 1. The van der Waals surface area contributed by atoms with Crippen molar-refractivity contribution < 1.29 is 14.5 Å². The van der Waals surface area contributed by atoms with Crippen molar-refractivity contribution in [1.29, 1.82) is 0 Å². The number of ether oxygens (including phenoxy) is 1. The van der Waals surface area contributed by atoms with Crippen molar-refractivity contribution in [1.82, 2.24) is 5.32 Å². The lowest BCUT2D eigenvalue weighted by Crippen LogP contribution is -2.36. The summed E-state index contributed by atoms with van der Waals surface area (Å²) in [6.45, 7) is 4.47. The zero-order valence-electron chi connectivity index (χ0n) is 11.4. The van der Waals surface area contributed by atoms with Crippen LogP contribution in [0, 0.1) is 10.1 Å². The Morgan fingerprint density at radius 1 is 1.55 bits per heavy atom. The SMILES string of the molecule is CCOCC(C)NC(=O)c1cccc(NN)c1[N+](=O)[O-]. The van der Waals surface area contributed by atoms with Gasteiger partial charge in [0.1, 0.15) is 11.3 Å². The number of hydrogen-bond acceptors (Lipinski definition) is 6. The predicted octanol–water partition coefficient (Wildman–Crippen LogP) is 1.04. The third kappa shape index (κ3) is 3.90. The Hall–Kier alpha value is -2.19. The van der Waals surface area contributed by atoms with Crippen LogP contribution in [0.4, 0.5) is 11.4 Å². The van der Waals surface area contributed by atoms with E-state index in [0.717, 1.165) is 0 Å². The molecule has 0 aliphatic heterocycles. The molecular formula is C12H18N4O4. The van der Waals surface area contributed by atoms with Gasteiger partial charge in [-0.2, -0.15) is 0 Å². The molecule has 4 N–H and O–H groups in total. The molecule has 1 amide bonds. The average Bonchev–Trinajstić information content (AvgIpc) is 2.43. The van der Waals surface area contributed by atoms with Crippen LogP contribution in [0.2, 0.25) is 0 Å². The highest BCUT2D eigenvalue weighted by molar-refractivity contribution is 6.00. The van der Waals surface area contributed by atoms with Gasteiger partial charge in [-0.05, 0) is 26.0 Å². The topological polar surface area (TPSA) is 120 Å². The van der Waals surface area contributed by atoms with Gasteiger partial charge in [0.15, 0.2) is 0 Å². The second-order valence-corrected chi connectivity index (χ2v) is 4.14. The van der Waals surface area contributed by atoms with E-state index in [1.54, 1.807) is 6.92 Å². The van der Waals surface area contributed by atoms with Crippen molar-refractivity contribution in [2.75, 3.05) is 18.6 Å². The van der Waals surface area contributed by atoms with Crippen molar-refractivity contribution in [3.63, 3.8) is 0 Å². The highest BCUT2D eigenvalue weighted by Crippen LogP contribution is 2.27. The van der Waals surface area contributed by atoms with Gasteiger partial charge in [0, 0.05) is 12.6 Å². The maximum absolute atomic E-state index is 12.1. The van der Waals surface area contributed by atoms with Crippen molar-refractivity contribution >= 4 is 17.3 Å². The molecule has 1 unspecified atom stereocenters. The fraction of sp³-hybridized carbons (Fsp3) is 0.417. The first-order chi connectivity index (χ1) is 9.51. The van der Waals surface area contributed by atoms with Crippen LogP contribution in [0.25, 0.3) is 0 Å². The average molecular weight is 282 g/mol. The van der Waals surface area contributed by atoms with Crippen LogP contribution in [0.5, 0.6) is 0 Å². The highest BCUT2D eigenvalue weighted by atomic mass is 16.6. The molecule has 1 rings (SSSR count). The molecule has 110 valence electrons. The van der Waals surface area contributed by atoms with E-state index in [1.807, 2.05) is 6.92 Å². The predicted molar refractivity (Wildman–Crippen MR) is 74.3 cm³/mol. The molecule has 0 radical (unpaired) electrons. The molecule has 0 aliphatic rings. The largest absolute Gasteiger partial charge is 0.380 e. The maximum Gasteiger partial charge on any atom is 0.306 e. The number of nitro benzene ring substituents is 1. The van der Waals surface area contributed by atoms with E-state index in [4.69, 9.17) is 10.6 Å². The van der Waals surface area contributed by atoms with Gasteiger partial charge in [0.25, 0.3) is 5.91 Å². The number of carbonyl (C=O) groups excluding carboxylic acids is 1. The van der Waals surface area contributed by atoms with Gasteiger partial charge in [-0.3, -0.25) is 20.8 Å². The van der Waals surface area contributed by atoms with Gasteiger partial charge in [-0.25, -0.2) is 0 Å². The molecular weight excluding hydrogens is 264 g/mol. The minimum atomic E-state index is -0.642. The minimum absolute atomic E-state index is 0.0474. The van der Waals surface area contributed by atoms with Crippen LogP contribution in [0.15, 0.2) is 18.2 Å². The summed E-state index contributed by atoms with van der Waals surface area (Å²) in [5, 5.41) is 13.7. The number of nitrogens with one attached hydrogen (secondary N) is 2. The summed E-state index contributed by atoms with van der Waals surface area (Å²) in [7, 11) is 0. The second kappa shape index (κ2) is 7.41. The van der Waals surface area contributed by atoms with Crippen LogP contribution < -0.4 is 16.6 Å². The van der Waals surface area contributed by atoms with Gasteiger partial charge in [0.2, 0.25) is 0 Å². The Kier molecular flexibility index (Phi) is 5.88. The van der Waals surface area contributed by atoms with Crippen molar-refractivity contribution in [2.24, 2.45) is 5.84 Å². The monoisotopic (exact) mass is 282 g/mol. The van der Waals surface area contributed by atoms with Crippen LogP contribution in [-0.4, -0.2) is 30.1 Å². The van der Waals surface area contributed by atoms with Crippen LogP contribution in [0.3, 0.4) is 0 Å². The molecule has 0 saturated carbocycles. The van der Waals surface area contributed by atoms with Crippen molar-refractivity contribution in [3.05, 3.63) is 33.9 Å². The number of hydrogen-bond donors (Lipinski definition) is 3. The van der Waals surface area contributed by atoms with Gasteiger partial charge in [-0.1, -0.05) is 6.07 Å². The molecule has 20 heavy (non-hydrogen) atoms. The number of nitrogens with zero attached hydrogens (tertiary/aromatic N) is 1. The number of para-hydroxylation sites is 1. The molecule has 0 spiro atoms. The minimum Gasteiger partial charge on any atom is -0.380 e. The first-order valence-electron chi connectivity index (χ1n) is 6.13. The summed E-state index contributed by atoms with van der Waals surface area (Å²) in [4.78, 5) is 22.5. The summed E-state index contributed by atoms with van der Waals surface area (Å²) in [6, 6.07) is 4.07. The molecule has 1 atom stereocenters. The lowest BCUT2D eigenvalue weighted by molar-refractivity contribution is -0.384. The maximum atomic E-state index is 12.1. The standard InChI is InChI=1S/C12H18N4O4/c1-3-20-7-8(2)14-12(17)9-5-4-6-10(15-13)11(9)16(18)19/h4-6,8,15H,3,7,13H2,1-2H3,(H,14,17). The molecule has 1 aromatic carbocycles. The number of hydrazine groups is 1. The third-order valence-electron chi connectivity index (χ3n) is 2.57. The van der Waals surface area contributed by atoms with Gasteiger partial charge in [-0.15, -0.1) is 0 Å². The van der Waals surface area contributed by atoms with Gasteiger partial charge < -0.3 is 15.5 Å². The summed E-state index contributed by atoms with van der Waals surface area (Å²) in [5.41, 5.74) is 1.90. The van der Waals surface area contributed by atoms with E-state index in [1.165, 1.54) is 18.2 Å². The molecule has 0 aliphatic carbocycles. The number of nitrogen functional groups attached to an aromatic ring is 1. The Labute approximate surface area is 116 Å². The lowest BCUT2D eigenvalue weighted by atomic mass is 10.1. The smallest absolute Gasteiger partial charge is 0.306 e. The van der Waals surface area contributed by atoms with Gasteiger partial charge >= 0.3 is 5.69 Å². The molecule has 0 aromatic heterocycles. The third-order valence-corrected chi connectivity index (χ3v) is 2.57. The Morgan fingerprint density at radius 3 is 2.80 bits per heavy atom. The summed E-state index contributed by atoms with van der Waals surface area (Å²) in [5.74, 6) is 4.68. The summed E-state index contributed by atoms with van der Waals surface area (Å²) >= 11 is 0. The zero-order chi connectivity index (χ0) is 15.1. The van der Waals surface area contributed by atoms with Crippen molar-refractivity contribution in [3.8, 4) is 0 Å². The number of benzene rings is 1. The Bertz CT molecular complexity index is 492. The highest BCUT2D eigenvalue weighted by Gasteiger charge is 2.24. The zero-order valence-corrected chi connectivity index (χ0v) is 11.4. The number of rotatable bonds is 7. The van der Waals surface area contributed by atoms with E-state index in [2.05, 4.69) is 10.7 Å². The lowest BCUT2D eigenvalue weighted by Gasteiger charge is -2.14. The summed E-state index contributed by atoms with van der Waals surface area (Å²) < 4.78 is 5.17. The number of carbonyl (C=O) groups is 1. The normalized spacial score (nSPS) is 11.8. The van der Waals surface area contributed by atoms with Gasteiger partial charge in [0.05, 0.1) is 11.5 Å². The van der Waals surface area contributed by atoms with Crippen LogP contribution >= 0.6 is 0 Å². The molecule has 0 bridgehead atoms. The first-order valence-corrected chi connectivity index (χ1v) is 6.13. The van der Waals surface area contributed by atoms with E-state index < -0.39 is 10.8 Å². The Balaban J connectivity index is 2.95. The fourth-order valence-electron chi connectivity index (χ4n) is 1.68. The second-order valence-electron chi connectivity index (χ2n) is 4.14. The number of anilines is 1. The molecule has 0 heterocycles. The Morgan fingerprint density at radius 2 is 2.25 bits per heavy atom. The van der Waals surface area contributed by atoms with Crippen molar-refractivity contribution in [2.45, 2.75) is 19.9 Å². The quantitative estimate of drug-likeness (QED) is 0.390. The van der Waals surface area contributed by atoms with E-state index >= 15 is 0 Å². The molecule has 1 aromatic rings. The van der Waals surface area contributed by atoms with E-state index in [0.29, 0.717) is 13.2 Å². The van der Waals surface area contributed by atoms with E-state index in [9.17, 15) is 14.9 Å². The first kappa shape index (κ1) is 15.9. The van der Waals surface area contributed by atoms with Crippen LogP contribution in [-0.2, 0) is 4.74 Å². The molecule has 8 nitrogen and oxygen atoms in total. The molecule has 8 heteroatoms. The number of nitrogens with two attached hydrogens (primary N) is 1. The molecule has 0 saturated heterocycles. The number of nitro groups is 1.